The maximum atomic E-state index is 4.34. The fraction of sp³-hybridized carbons (Fsp3) is 0.562. The predicted octanol–water partition coefficient (Wildman–Crippen LogP) is 1.25. The molecule has 0 aromatic carbocycles. The first-order valence-corrected chi connectivity index (χ1v) is 8.33. The standard InChI is InChI=1S/C16H23N7.HI/c1-17-16(19-12-7-9-22(11-12)13-5-6-13)18-10-15-21-20-14-4-2-3-8-23(14)15;/h2-4,8,12-13H,5-7,9-11H2,1H3,(H2,17,18,19);1H. The first-order chi connectivity index (χ1) is 11.3. The molecule has 2 aliphatic rings. The molecule has 3 heterocycles. The number of nitrogens with zero attached hydrogens (tertiary/aromatic N) is 5. The van der Waals surface area contributed by atoms with Gasteiger partial charge in [-0.25, -0.2) is 0 Å². The number of pyridine rings is 1. The van der Waals surface area contributed by atoms with Gasteiger partial charge in [-0.3, -0.25) is 14.3 Å². The highest BCUT2D eigenvalue weighted by molar-refractivity contribution is 14.0. The number of hydrogen-bond donors (Lipinski definition) is 2. The Morgan fingerprint density at radius 1 is 1.29 bits per heavy atom. The van der Waals surface area contributed by atoms with Gasteiger partial charge < -0.3 is 10.6 Å². The predicted molar refractivity (Wildman–Crippen MR) is 105 cm³/mol. The Balaban J connectivity index is 0.00000169. The van der Waals surface area contributed by atoms with Gasteiger partial charge in [-0.15, -0.1) is 34.2 Å². The summed E-state index contributed by atoms with van der Waals surface area (Å²) in [6.07, 6.45) is 5.91. The summed E-state index contributed by atoms with van der Waals surface area (Å²) in [6, 6.07) is 7.23. The number of hydrogen-bond acceptors (Lipinski definition) is 4. The van der Waals surface area contributed by atoms with Crippen LogP contribution in [0.15, 0.2) is 29.4 Å². The lowest BCUT2D eigenvalue weighted by molar-refractivity contribution is 0.321. The van der Waals surface area contributed by atoms with Crippen LogP contribution >= 0.6 is 24.0 Å². The van der Waals surface area contributed by atoms with Crippen LogP contribution in [0.4, 0.5) is 0 Å². The van der Waals surface area contributed by atoms with Crippen molar-refractivity contribution in [3.05, 3.63) is 30.2 Å². The summed E-state index contributed by atoms with van der Waals surface area (Å²) in [5.74, 6) is 1.72. The van der Waals surface area contributed by atoms with Crippen molar-refractivity contribution in [1.29, 1.82) is 0 Å². The van der Waals surface area contributed by atoms with Gasteiger partial charge >= 0.3 is 0 Å². The van der Waals surface area contributed by atoms with E-state index in [1.807, 2.05) is 35.8 Å². The highest BCUT2D eigenvalue weighted by atomic mass is 127. The highest BCUT2D eigenvalue weighted by Gasteiger charge is 2.34. The molecule has 1 unspecified atom stereocenters. The second-order valence-electron chi connectivity index (χ2n) is 6.33. The lowest BCUT2D eigenvalue weighted by atomic mass is 10.3. The highest BCUT2D eigenvalue weighted by Crippen LogP contribution is 2.29. The van der Waals surface area contributed by atoms with Gasteiger partial charge in [0.2, 0.25) is 0 Å². The molecule has 0 spiro atoms. The van der Waals surface area contributed by atoms with Crippen LogP contribution in [0.3, 0.4) is 0 Å². The number of rotatable bonds is 4. The molecule has 2 aromatic heterocycles. The van der Waals surface area contributed by atoms with E-state index in [0.717, 1.165) is 30.0 Å². The number of nitrogens with one attached hydrogen (secondary N) is 2. The van der Waals surface area contributed by atoms with Gasteiger partial charge in [0.05, 0.1) is 6.54 Å². The second-order valence-corrected chi connectivity index (χ2v) is 6.33. The molecule has 2 fully saturated rings. The van der Waals surface area contributed by atoms with E-state index in [4.69, 9.17) is 0 Å². The van der Waals surface area contributed by atoms with Crippen molar-refractivity contribution in [2.45, 2.75) is 37.9 Å². The van der Waals surface area contributed by atoms with Crippen LogP contribution in [-0.4, -0.2) is 57.7 Å². The molecule has 1 aliphatic carbocycles. The Hall–Kier alpha value is -1.42. The van der Waals surface area contributed by atoms with Crippen LogP contribution in [0, 0.1) is 0 Å². The molecule has 1 aliphatic heterocycles. The van der Waals surface area contributed by atoms with E-state index >= 15 is 0 Å². The Bertz CT molecular complexity index is 709. The van der Waals surface area contributed by atoms with Crippen LogP contribution in [-0.2, 0) is 6.54 Å². The van der Waals surface area contributed by atoms with Crippen LogP contribution < -0.4 is 10.6 Å². The summed E-state index contributed by atoms with van der Waals surface area (Å²) < 4.78 is 1.99. The van der Waals surface area contributed by atoms with Crippen LogP contribution in [0.1, 0.15) is 25.1 Å². The zero-order chi connectivity index (χ0) is 15.6. The molecule has 7 nitrogen and oxygen atoms in total. The fourth-order valence-corrected chi connectivity index (χ4v) is 3.24. The van der Waals surface area contributed by atoms with E-state index in [2.05, 4.69) is 30.7 Å². The number of aromatic nitrogens is 3. The summed E-state index contributed by atoms with van der Waals surface area (Å²) >= 11 is 0. The van der Waals surface area contributed by atoms with E-state index in [-0.39, 0.29) is 24.0 Å². The Kier molecular flexibility index (Phi) is 5.54. The summed E-state index contributed by atoms with van der Waals surface area (Å²) in [6.45, 7) is 2.93. The number of halogens is 1. The van der Waals surface area contributed by atoms with E-state index < -0.39 is 0 Å². The molecule has 0 radical (unpaired) electrons. The van der Waals surface area contributed by atoms with Crippen LogP contribution in [0.5, 0.6) is 0 Å². The summed E-state index contributed by atoms with van der Waals surface area (Å²) in [7, 11) is 1.81. The Morgan fingerprint density at radius 2 is 2.17 bits per heavy atom. The van der Waals surface area contributed by atoms with E-state index in [1.165, 1.54) is 25.8 Å². The molecule has 1 saturated heterocycles. The van der Waals surface area contributed by atoms with Gasteiger partial charge in [0.15, 0.2) is 17.4 Å². The lowest BCUT2D eigenvalue weighted by Crippen LogP contribution is -2.44. The molecule has 130 valence electrons. The Labute approximate surface area is 158 Å². The molecule has 0 bridgehead atoms. The summed E-state index contributed by atoms with van der Waals surface area (Å²) in [5, 5.41) is 15.3. The zero-order valence-corrected chi connectivity index (χ0v) is 16.2. The van der Waals surface area contributed by atoms with E-state index in [0.29, 0.717) is 12.6 Å². The number of guanidine groups is 1. The molecule has 2 aromatic rings. The third-order valence-electron chi connectivity index (χ3n) is 4.65. The third kappa shape index (κ3) is 3.80. The zero-order valence-electron chi connectivity index (χ0n) is 13.9. The molecular weight excluding hydrogens is 417 g/mol. The summed E-state index contributed by atoms with van der Waals surface area (Å²) in [5.41, 5.74) is 0.864. The Morgan fingerprint density at radius 3 is 2.96 bits per heavy atom. The van der Waals surface area contributed by atoms with Gasteiger partial charge in [-0.1, -0.05) is 6.07 Å². The minimum absolute atomic E-state index is 0. The molecule has 0 amide bonds. The first-order valence-electron chi connectivity index (χ1n) is 8.33. The second kappa shape index (κ2) is 7.64. The molecule has 8 heteroatoms. The molecule has 2 N–H and O–H groups in total. The molecule has 1 atom stereocenters. The maximum absolute atomic E-state index is 4.34. The van der Waals surface area contributed by atoms with E-state index in [9.17, 15) is 0 Å². The van der Waals surface area contributed by atoms with Gasteiger partial charge in [0.25, 0.3) is 0 Å². The number of fused-ring (bicyclic) bond motifs is 1. The molecular formula is C16H24IN7. The van der Waals surface area contributed by atoms with Crippen molar-refractivity contribution in [3.63, 3.8) is 0 Å². The van der Waals surface area contributed by atoms with Crippen molar-refractivity contribution in [1.82, 2.24) is 30.1 Å². The maximum Gasteiger partial charge on any atom is 0.191 e. The molecule has 1 saturated carbocycles. The minimum Gasteiger partial charge on any atom is -0.352 e. The summed E-state index contributed by atoms with van der Waals surface area (Å²) in [4.78, 5) is 6.93. The quantitative estimate of drug-likeness (QED) is 0.425. The van der Waals surface area contributed by atoms with Crippen molar-refractivity contribution >= 4 is 35.6 Å². The van der Waals surface area contributed by atoms with Gasteiger partial charge in [-0.05, 0) is 31.4 Å². The van der Waals surface area contributed by atoms with Crippen molar-refractivity contribution in [2.75, 3.05) is 20.1 Å². The van der Waals surface area contributed by atoms with Crippen LogP contribution in [0.2, 0.25) is 0 Å². The molecule has 4 rings (SSSR count). The number of aliphatic imine (C=N–C) groups is 1. The first kappa shape index (κ1) is 17.4. The minimum atomic E-state index is 0. The van der Waals surface area contributed by atoms with Crippen molar-refractivity contribution in [2.24, 2.45) is 4.99 Å². The molecule has 24 heavy (non-hydrogen) atoms. The normalized spacial score (nSPS) is 21.7. The van der Waals surface area contributed by atoms with Crippen molar-refractivity contribution < 1.29 is 0 Å². The largest absolute Gasteiger partial charge is 0.352 e. The lowest BCUT2D eigenvalue weighted by Gasteiger charge is -2.18. The topological polar surface area (TPSA) is 69.8 Å². The van der Waals surface area contributed by atoms with Gasteiger partial charge in [-0.2, -0.15) is 0 Å². The fourth-order valence-electron chi connectivity index (χ4n) is 3.24. The SMILES string of the molecule is CN=C(NCc1nnc2ccccn12)NC1CCN(C2CC2)C1.I. The monoisotopic (exact) mass is 441 g/mol. The van der Waals surface area contributed by atoms with E-state index in [1.54, 1.807) is 0 Å². The average molecular weight is 441 g/mol. The third-order valence-corrected chi connectivity index (χ3v) is 4.65. The average Bonchev–Trinajstić information content (AvgIpc) is 3.19. The smallest absolute Gasteiger partial charge is 0.191 e. The van der Waals surface area contributed by atoms with Gasteiger partial charge in [0.1, 0.15) is 0 Å². The van der Waals surface area contributed by atoms with Crippen LogP contribution in [0.25, 0.3) is 5.65 Å². The van der Waals surface area contributed by atoms with Gasteiger partial charge in [0, 0.05) is 38.4 Å². The van der Waals surface area contributed by atoms with Crippen molar-refractivity contribution in [3.8, 4) is 0 Å². The number of likely N-dealkylation sites (tertiary alicyclic amines) is 1.